The predicted molar refractivity (Wildman–Crippen MR) is 124 cm³/mol. The number of nitrogens with zero attached hydrogens (tertiary/aromatic N) is 2. The number of benzene rings is 1. The summed E-state index contributed by atoms with van der Waals surface area (Å²) in [6.07, 6.45) is 8.67. The molecule has 1 unspecified atom stereocenters. The maximum absolute atomic E-state index is 11.7. The molecular formula is C23H36N4O3S. The number of piperidine rings is 1. The van der Waals surface area contributed by atoms with Crippen LogP contribution >= 0.6 is 0 Å². The van der Waals surface area contributed by atoms with E-state index >= 15 is 0 Å². The maximum Gasteiger partial charge on any atom is 0.211 e. The van der Waals surface area contributed by atoms with Crippen molar-refractivity contribution in [2.45, 2.75) is 63.5 Å². The van der Waals surface area contributed by atoms with Gasteiger partial charge < -0.3 is 15.4 Å². The fourth-order valence-electron chi connectivity index (χ4n) is 5.20. The van der Waals surface area contributed by atoms with E-state index in [4.69, 9.17) is 9.73 Å². The largest absolute Gasteiger partial charge is 0.487 e. The lowest BCUT2D eigenvalue weighted by Gasteiger charge is -2.40. The van der Waals surface area contributed by atoms with Crippen molar-refractivity contribution in [3.8, 4) is 5.75 Å². The summed E-state index contributed by atoms with van der Waals surface area (Å²) in [5, 5.41) is 7.09. The second kappa shape index (κ2) is 9.36. The van der Waals surface area contributed by atoms with Crippen molar-refractivity contribution in [1.82, 2.24) is 14.9 Å². The van der Waals surface area contributed by atoms with Crippen molar-refractivity contribution in [2.24, 2.45) is 10.9 Å². The van der Waals surface area contributed by atoms with E-state index in [1.165, 1.54) is 24.7 Å². The van der Waals surface area contributed by atoms with Crippen molar-refractivity contribution in [3.63, 3.8) is 0 Å². The Balaban J connectivity index is 1.44. The zero-order chi connectivity index (χ0) is 21.9. The molecule has 1 aromatic carbocycles. The van der Waals surface area contributed by atoms with Gasteiger partial charge in [0, 0.05) is 38.2 Å². The van der Waals surface area contributed by atoms with Gasteiger partial charge in [-0.15, -0.1) is 0 Å². The number of ether oxygens (including phenoxy) is 1. The standard InChI is InChI=1S/C23H36N4O3S/c1-3-24-22(25-17-18-10-14-27(15-11-18)31(2,28)29)26-20-16-23(12-6-7-13-23)30-21-9-5-4-8-19(20)21/h4-5,8-9,18,20H,3,6-7,10-17H2,1-2H3,(H2,24,25,26). The normalized spacial score (nSPS) is 24.6. The quantitative estimate of drug-likeness (QED) is 0.534. The van der Waals surface area contributed by atoms with Gasteiger partial charge in [-0.25, -0.2) is 12.7 Å². The number of hydrogen-bond acceptors (Lipinski definition) is 4. The van der Waals surface area contributed by atoms with Crippen LogP contribution in [0.5, 0.6) is 5.75 Å². The Labute approximate surface area is 186 Å². The molecule has 31 heavy (non-hydrogen) atoms. The summed E-state index contributed by atoms with van der Waals surface area (Å²) in [5.74, 6) is 2.25. The van der Waals surface area contributed by atoms with Crippen molar-refractivity contribution >= 4 is 16.0 Å². The van der Waals surface area contributed by atoms with Crippen LogP contribution in [0.15, 0.2) is 29.3 Å². The lowest BCUT2D eigenvalue weighted by atomic mass is 9.86. The number of hydrogen-bond donors (Lipinski definition) is 2. The van der Waals surface area contributed by atoms with E-state index < -0.39 is 10.0 Å². The molecule has 0 amide bonds. The first-order valence-electron chi connectivity index (χ1n) is 11.7. The molecule has 4 rings (SSSR count). The van der Waals surface area contributed by atoms with E-state index in [2.05, 4.69) is 35.8 Å². The van der Waals surface area contributed by atoms with Crippen molar-refractivity contribution < 1.29 is 13.2 Å². The molecule has 1 spiro atoms. The molecule has 2 fully saturated rings. The van der Waals surface area contributed by atoms with Crippen LogP contribution in [-0.2, 0) is 10.0 Å². The molecule has 0 radical (unpaired) electrons. The lowest BCUT2D eigenvalue weighted by Crippen LogP contribution is -2.47. The first-order chi connectivity index (χ1) is 14.9. The second-order valence-corrected chi connectivity index (χ2v) is 11.2. The van der Waals surface area contributed by atoms with Crippen LogP contribution in [0.1, 0.15) is 63.5 Å². The highest BCUT2D eigenvalue weighted by molar-refractivity contribution is 7.88. The van der Waals surface area contributed by atoms with Gasteiger partial charge in [0.15, 0.2) is 5.96 Å². The molecule has 1 aromatic rings. The van der Waals surface area contributed by atoms with Crippen LogP contribution in [-0.4, -0.2) is 56.7 Å². The van der Waals surface area contributed by atoms with E-state index in [1.54, 1.807) is 4.31 Å². The molecule has 2 N–H and O–H groups in total. The molecule has 1 aliphatic carbocycles. The first-order valence-corrected chi connectivity index (χ1v) is 13.5. The predicted octanol–water partition coefficient (Wildman–Crippen LogP) is 3.05. The number of sulfonamides is 1. The van der Waals surface area contributed by atoms with Gasteiger partial charge in [-0.05, 0) is 57.4 Å². The lowest BCUT2D eigenvalue weighted by molar-refractivity contribution is 0.0396. The number of fused-ring (bicyclic) bond motifs is 1. The molecular weight excluding hydrogens is 412 g/mol. The Morgan fingerprint density at radius 2 is 1.94 bits per heavy atom. The zero-order valence-electron chi connectivity index (χ0n) is 18.8. The first kappa shape index (κ1) is 22.4. The van der Waals surface area contributed by atoms with Crippen molar-refractivity contribution in [1.29, 1.82) is 0 Å². The Kier molecular flexibility index (Phi) is 6.77. The number of nitrogens with one attached hydrogen (secondary N) is 2. The Morgan fingerprint density at radius 1 is 1.23 bits per heavy atom. The molecule has 2 heterocycles. The minimum absolute atomic E-state index is 0.0538. The summed E-state index contributed by atoms with van der Waals surface area (Å²) in [6.45, 7) is 4.78. The summed E-state index contributed by atoms with van der Waals surface area (Å²) in [7, 11) is -3.09. The summed E-state index contributed by atoms with van der Waals surface area (Å²) < 4.78 is 31.6. The van der Waals surface area contributed by atoms with Crippen LogP contribution in [0.4, 0.5) is 0 Å². The van der Waals surface area contributed by atoms with Crippen molar-refractivity contribution in [3.05, 3.63) is 29.8 Å². The van der Waals surface area contributed by atoms with Gasteiger partial charge >= 0.3 is 0 Å². The van der Waals surface area contributed by atoms with Gasteiger partial charge in [-0.1, -0.05) is 18.2 Å². The maximum atomic E-state index is 11.7. The number of rotatable bonds is 5. The molecule has 3 aliphatic rings. The minimum atomic E-state index is -3.09. The molecule has 1 atom stereocenters. The number of aliphatic imine (C=N–C) groups is 1. The zero-order valence-corrected chi connectivity index (χ0v) is 19.6. The van der Waals surface area contributed by atoms with E-state index in [9.17, 15) is 8.42 Å². The molecule has 1 saturated heterocycles. The molecule has 1 saturated carbocycles. The van der Waals surface area contributed by atoms with E-state index in [-0.39, 0.29) is 11.6 Å². The fraction of sp³-hybridized carbons (Fsp3) is 0.696. The van der Waals surface area contributed by atoms with Gasteiger partial charge in [-0.3, -0.25) is 4.99 Å². The van der Waals surface area contributed by atoms with Gasteiger partial charge in [0.05, 0.1) is 12.3 Å². The van der Waals surface area contributed by atoms with Crippen molar-refractivity contribution in [2.75, 3.05) is 32.4 Å². The van der Waals surface area contributed by atoms with Gasteiger partial charge in [-0.2, -0.15) is 0 Å². The third-order valence-electron chi connectivity index (χ3n) is 6.92. The summed E-state index contributed by atoms with van der Waals surface area (Å²) in [6, 6.07) is 8.53. The Hall–Kier alpha value is -1.80. The summed E-state index contributed by atoms with van der Waals surface area (Å²) >= 11 is 0. The van der Waals surface area contributed by atoms with Gasteiger partial charge in [0.2, 0.25) is 10.0 Å². The highest BCUT2D eigenvalue weighted by Crippen LogP contribution is 2.46. The molecule has 7 nitrogen and oxygen atoms in total. The van der Waals surface area contributed by atoms with Gasteiger partial charge in [0.1, 0.15) is 11.4 Å². The average Bonchev–Trinajstić information content (AvgIpc) is 3.19. The van der Waals surface area contributed by atoms with Crippen LogP contribution < -0.4 is 15.4 Å². The fourth-order valence-corrected chi connectivity index (χ4v) is 6.08. The van der Waals surface area contributed by atoms with Gasteiger partial charge in [0.25, 0.3) is 0 Å². The summed E-state index contributed by atoms with van der Waals surface area (Å²) in [4.78, 5) is 4.89. The monoisotopic (exact) mass is 448 g/mol. The molecule has 0 bridgehead atoms. The minimum Gasteiger partial charge on any atom is -0.487 e. The van der Waals surface area contributed by atoms with Crippen LogP contribution in [0.2, 0.25) is 0 Å². The Morgan fingerprint density at radius 3 is 2.61 bits per heavy atom. The van der Waals surface area contributed by atoms with E-state index in [1.807, 2.05) is 6.07 Å². The summed E-state index contributed by atoms with van der Waals surface area (Å²) in [5.41, 5.74) is 1.15. The molecule has 8 heteroatoms. The highest BCUT2D eigenvalue weighted by atomic mass is 32.2. The number of para-hydroxylation sites is 1. The van der Waals surface area contributed by atoms with Crippen LogP contribution in [0.3, 0.4) is 0 Å². The third-order valence-corrected chi connectivity index (χ3v) is 8.22. The van der Waals surface area contributed by atoms with Crippen LogP contribution in [0, 0.1) is 5.92 Å². The third kappa shape index (κ3) is 5.34. The molecule has 0 aromatic heterocycles. The molecule has 2 aliphatic heterocycles. The number of guanidine groups is 1. The second-order valence-electron chi connectivity index (χ2n) is 9.26. The topological polar surface area (TPSA) is 83.0 Å². The van der Waals surface area contributed by atoms with E-state index in [0.29, 0.717) is 25.6 Å². The average molecular weight is 449 g/mol. The van der Waals surface area contributed by atoms with E-state index in [0.717, 1.165) is 50.4 Å². The molecule has 172 valence electrons. The SMILES string of the molecule is CCNC(=NCC1CCN(S(C)(=O)=O)CC1)NC1CC2(CCCC2)Oc2ccccc21. The smallest absolute Gasteiger partial charge is 0.211 e. The highest BCUT2D eigenvalue weighted by Gasteiger charge is 2.43. The Bertz CT molecular complexity index is 888. The van der Waals surface area contributed by atoms with Crippen LogP contribution in [0.25, 0.3) is 0 Å².